The Balaban J connectivity index is 1.56. The third-order valence-corrected chi connectivity index (χ3v) is 5.36. The molecule has 5 heteroatoms. The van der Waals surface area contributed by atoms with Crippen molar-refractivity contribution in [1.29, 1.82) is 0 Å². The Bertz CT molecular complexity index is 365. The Labute approximate surface area is 133 Å². The van der Waals surface area contributed by atoms with E-state index in [0.29, 0.717) is 38.8 Å². The lowest BCUT2D eigenvalue weighted by molar-refractivity contribution is -0.145. The zero-order chi connectivity index (χ0) is 15.4. The van der Waals surface area contributed by atoms with Gasteiger partial charge in [-0.25, -0.2) is 0 Å². The lowest BCUT2D eigenvalue weighted by atomic mass is 9.87. The zero-order valence-electron chi connectivity index (χ0n) is 13.5. The van der Waals surface area contributed by atoms with Crippen LogP contribution in [0, 0.1) is 11.8 Å². The lowest BCUT2D eigenvalue weighted by Gasteiger charge is -2.38. The van der Waals surface area contributed by atoms with Gasteiger partial charge in [0, 0.05) is 32.1 Å². The van der Waals surface area contributed by atoms with Gasteiger partial charge in [-0.05, 0) is 25.7 Å². The number of amides is 2. The van der Waals surface area contributed by atoms with Gasteiger partial charge in [-0.3, -0.25) is 9.59 Å². The van der Waals surface area contributed by atoms with Crippen molar-refractivity contribution < 1.29 is 14.3 Å². The molecule has 0 N–H and O–H groups in total. The average molecular weight is 308 g/mol. The molecule has 124 valence electrons. The van der Waals surface area contributed by atoms with Crippen molar-refractivity contribution >= 4 is 11.8 Å². The van der Waals surface area contributed by atoms with E-state index in [-0.39, 0.29) is 17.7 Å². The summed E-state index contributed by atoms with van der Waals surface area (Å²) in [6.45, 7) is 4.15. The van der Waals surface area contributed by atoms with Crippen LogP contribution >= 0.6 is 0 Å². The molecule has 2 aliphatic heterocycles. The molecule has 1 saturated carbocycles. The van der Waals surface area contributed by atoms with E-state index in [1.54, 1.807) is 0 Å². The number of ether oxygens (including phenoxy) is 1. The second-order valence-corrected chi connectivity index (χ2v) is 6.90. The summed E-state index contributed by atoms with van der Waals surface area (Å²) in [7, 11) is 0. The van der Waals surface area contributed by atoms with E-state index in [4.69, 9.17) is 4.74 Å². The van der Waals surface area contributed by atoms with Crippen molar-refractivity contribution in [3.63, 3.8) is 0 Å². The summed E-state index contributed by atoms with van der Waals surface area (Å²) in [5.74, 6) is 0.744. The maximum atomic E-state index is 12.7. The summed E-state index contributed by atoms with van der Waals surface area (Å²) in [6, 6.07) is 0. The second kappa shape index (κ2) is 7.44. The number of morpholine rings is 1. The van der Waals surface area contributed by atoms with E-state index in [1.165, 1.54) is 19.3 Å². The highest BCUT2D eigenvalue weighted by Gasteiger charge is 2.34. The molecule has 0 bridgehead atoms. The van der Waals surface area contributed by atoms with Gasteiger partial charge < -0.3 is 14.5 Å². The van der Waals surface area contributed by atoms with Crippen LogP contribution in [-0.4, -0.2) is 61.0 Å². The minimum Gasteiger partial charge on any atom is -0.378 e. The maximum absolute atomic E-state index is 12.7. The summed E-state index contributed by atoms with van der Waals surface area (Å²) < 4.78 is 5.32. The van der Waals surface area contributed by atoms with Crippen molar-refractivity contribution in [3.05, 3.63) is 0 Å². The molecule has 0 aromatic rings. The van der Waals surface area contributed by atoms with Gasteiger partial charge in [0.05, 0.1) is 19.1 Å². The molecule has 2 heterocycles. The van der Waals surface area contributed by atoms with Crippen LogP contribution in [0.1, 0.15) is 44.9 Å². The standard InChI is InChI=1S/C17H28N2O3/c20-16(14-5-2-1-3-6-14)19-8-4-7-15(13-19)17(21)18-9-11-22-12-10-18/h14-15H,1-13H2/t15-/m0/s1. The van der Waals surface area contributed by atoms with Gasteiger partial charge in [0.15, 0.2) is 0 Å². The van der Waals surface area contributed by atoms with Gasteiger partial charge >= 0.3 is 0 Å². The predicted octanol–water partition coefficient (Wildman–Crippen LogP) is 1.66. The Morgan fingerprint density at radius 2 is 1.36 bits per heavy atom. The predicted molar refractivity (Wildman–Crippen MR) is 83.3 cm³/mol. The van der Waals surface area contributed by atoms with E-state index in [1.807, 2.05) is 9.80 Å². The number of rotatable bonds is 2. The third-order valence-electron chi connectivity index (χ3n) is 5.36. The molecule has 5 nitrogen and oxygen atoms in total. The van der Waals surface area contributed by atoms with E-state index in [2.05, 4.69) is 0 Å². The molecule has 0 spiro atoms. The number of carbonyl (C=O) groups is 2. The van der Waals surface area contributed by atoms with Crippen molar-refractivity contribution in [3.8, 4) is 0 Å². The quantitative estimate of drug-likeness (QED) is 0.779. The molecule has 0 radical (unpaired) electrons. The number of carbonyl (C=O) groups excluding carboxylic acids is 2. The number of hydrogen-bond acceptors (Lipinski definition) is 3. The molecule has 0 aromatic heterocycles. The first-order valence-electron chi connectivity index (χ1n) is 8.91. The van der Waals surface area contributed by atoms with E-state index < -0.39 is 0 Å². The molecule has 3 fully saturated rings. The van der Waals surface area contributed by atoms with Gasteiger partial charge in [-0.15, -0.1) is 0 Å². The Morgan fingerprint density at radius 1 is 0.727 bits per heavy atom. The van der Waals surface area contributed by atoms with E-state index in [9.17, 15) is 9.59 Å². The van der Waals surface area contributed by atoms with Gasteiger partial charge in [-0.2, -0.15) is 0 Å². The van der Waals surface area contributed by atoms with Crippen molar-refractivity contribution in [1.82, 2.24) is 9.80 Å². The minimum atomic E-state index is -0.000564. The first-order chi connectivity index (χ1) is 10.8. The highest BCUT2D eigenvalue weighted by Crippen LogP contribution is 2.28. The fourth-order valence-electron chi connectivity index (χ4n) is 4.03. The summed E-state index contributed by atoms with van der Waals surface area (Å²) >= 11 is 0. The number of piperidine rings is 1. The molecule has 0 unspecified atom stereocenters. The molecule has 2 amide bonds. The molecule has 3 rings (SSSR count). The Kier molecular flexibility index (Phi) is 5.34. The van der Waals surface area contributed by atoms with Crippen molar-refractivity contribution in [2.45, 2.75) is 44.9 Å². The van der Waals surface area contributed by atoms with Crippen LogP contribution in [0.5, 0.6) is 0 Å². The topological polar surface area (TPSA) is 49.9 Å². The molecule has 1 aliphatic carbocycles. The SMILES string of the molecule is O=C(C1CCCCC1)N1CCC[C@H](C(=O)N2CCOCC2)C1. The number of nitrogens with zero attached hydrogens (tertiary/aromatic N) is 2. The van der Waals surface area contributed by atoms with Gasteiger partial charge in [-0.1, -0.05) is 19.3 Å². The monoisotopic (exact) mass is 308 g/mol. The highest BCUT2D eigenvalue weighted by atomic mass is 16.5. The number of likely N-dealkylation sites (tertiary alicyclic amines) is 1. The summed E-state index contributed by atoms with van der Waals surface area (Å²) in [5, 5.41) is 0. The molecule has 2 saturated heterocycles. The maximum Gasteiger partial charge on any atom is 0.227 e. The van der Waals surface area contributed by atoms with Gasteiger partial charge in [0.2, 0.25) is 11.8 Å². The van der Waals surface area contributed by atoms with E-state index >= 15 is 0 Å². The zero-order valence-corrected chi connectivity index (χ0v) is 13.5. The van der Waals surface area contributed by atoms with Crippen molar-refractivity contribution in [2.75, 3.05) is 39.4 Å². The van der Waals surface area contributed by atoms with Crippen molar-refractivity contribution in [2.24, 2.45) is 11.8 Å². The summed E-state index contributed by atoms with van der Waals surface area (Å²) in [5.41, 5.74) is 0. The van der Waals surface area contributed by atoms with Gasteiger partial charge in [0.25, 0.3) is 0 Å². The minimum absolute atomic E-state index is 0.000564. The van der Waals surface area contributed by atoms with Crippen LogP contribution in [0.3, 0.4) is 0 Å². The Morgan fingerprint density at radius 3 is 2.09 bits per heavy atom. The molecule has 22 heavy (non-hydrogen) atoms. The van der Waals surface area contributed by atoms with Gasteiger partial charge in [0.1, 0.15) is 0 Å². The van der Waals surface area contributed by atoms with Crippen LogP contribution < -0.4 is 0 Å². The number of hydrogen-bond donors (Lipinski definition) is 0. The largest absolute Gasteiger partial charge is 0.378 e. The van der Waals surface area contributed by atoms with Crippen LogP contribution in [-0.2, 0) is 14.3 Å². The third kappa shape index (κ3) is 3.62. The molecule has 0 aromatic carbocycles. The second-order valence-electron chi connectivity index (χ2n) is 6.90. The molecular weight excluding hydrogens is 280 g/mol. The molecular formula is C17H28N2O3. The van der Waals surface area contributed by atoms with E-state index in [0.717, 1.165) is 32.2 Å². The highest BCUT2D eigenvalue weighted by molar-refractivity contribution is 5.82. The van der Waals surface area contributed by atoms with Crippen LogP contribution in [0.15, 0.2) is 0 Å². The fraction of sp³-hybridized carbons (Fsp3) is 0.882. The molecule has 3 aliphatic rings. The normalized spacial score (nSPS) is 27.7. The fourth-order valence-corrected chi connectivity index (χ4v) is 4.03. The lowest BCUT2D eigenvalue weighted by Crippen LogP contribution is -2.50. The summed E-state index contributed by atoms with van der Waals surface area (Å²) in [4.78, 5) is 29.2. The first kappa shape index (κ1) is 15.8. The van der Waals surface area contributed by atoms with Crippen LogP contribution in [0.4, 0.5) is 0 Å². The average Bonchev–Trinajstić information content (AvgIpc) is 2.62. The first-order valence-corrected chi connectivity index (χ1v) is 8.91. The summed E-state index contributed by atoms with van der Waals surface area (Å²) in [6.07, 6.45) is 7.58. The van der Waals surface area contributed by atoms with Crippen LogP contribution in [0.25, 0.3) is 0 Å². The Hall–Kier alpha value is -1.10. The molecule has 1 atom stereocenters. The smallest absolute Gasteiger partial charge is 0.227 e. The van der Waals surface area contributed by atoms with Crippen LogP contribution in [0.2, 0.25) is 0 Å².